The quantitative estimate of drug-likeness (QED) is 0.0806. The molecule has 3 aromatic rings. The van der Waals surface area contributed by atoms with Crippen molar-refractivity contribution >= 4 is 44.6 Å². The molecule has 1 atom stereocenters. The van der Waals surface area contributed by atoms with Gasteiger partial charge in [0.1, 0.15) is 0 Å². The van der Waals surface area contributed by atoms with Crippen LogP contribution < -0.4 is 4.74 Å². The van der Waals surface area contributed by atoms with Crippen LogP contribution in [0.1, 0.15) is 29.8 Å². The van der Waals surface area contributed by atoms with E-state index in [1.165, 1.54) is 80.6 Å². The maximum absolute atomic E-state index is 15.1. The Morgan fingerprint density at radius 1 is 0.917 bits per heavy atom. The molecule has 0 aliphatic rings. The fourth-order valence-electron chi connectivity index (χ4n) is 3.14. The molecule has 0 spiro atoms. The van der Waals surface area contributed by atoms with Crippen molar-refractivity contribution in [2.75, 3.05) is 0 Å². The molecule has 0 heterocycles. The summed E-state index contributed by atoms with van der Waals surface area (Å²) in [5.74, 6) is -1.51. The van der Waals surface area contributed by atoms with Gasteiger partial charge in [0, 0.05) is 0 Å². The number of ether oxygens (including phenoxy) is 2. The van der Waals surface area contributed by atoms with Gasteiger partial charge in [0.2, 0.25) is 0 Å². The number of carbonyl (C=O) groups excluding carboxylic acids is 1. The van der Waals surface area contributed by atoms with E-state index >= 15 is 8.78 Å². The number of rotatable bonds is 9. The Kier molecular flexibility index (Phi) is 8.69. The van der Waals surface area contributed by atoms with Gasteiger partial charge in [0.15, 0.2) is 0 Å². The molecule has 0 aromatic heterocycles. The van der Waals surface area contributed by atoms with Gasteiger partial charge in [-0.15, -0.1) is 0 Å². The molecule has 0 fully saturated rings. The van der Waals surface area contributed by atoms with E-state index in [9.17, 15) is 22.3 Å². The third kappa shape index (κ3) is 6.01. The van der Waals surface area contributed by atoms with Crippen molar-refractivity contribution in [1.29, 1.82) is 0 Å². The van der Waals surface area contributed by atoms with Crippen LogP contribution in [0.25, 0.3) is 0 Å². The van der Waals surface area contributed by atoms with Crippen LogP contribution in [0.2, 0.25) is 0 Å². The predicted octanol–water partition coefficient (Wildman–Crippen LogP) is 7.11. The molecule has 0 aliphatic carbocycles. The molecule has 194 valence electrons. The number of alkyl halides is 5. The Morgan fingerprint density at radius 3 is 2.11 bits per heavy atom. The zero-order valence-corrected chi connectivity index (χ0v) is 22.5. The first-order valence-electron chi connectivity index (χ1n) is 10.2. The number of esters is 1. The minimum atomic E-state index is -4.92. The van der Waals surface area contributed by atoms with Crippen molar-refractivity contribution in [2.24, 2.45) is 0 Å². The molecular formula is C24H19ClF4IO5S-. The van der Waals surface area contributed by atoms with Gasteiger partial charge in [0.25, 0.3) is 0 Å². The predicted molar refractivity (Wildman–Crippen MR) is 134 cm³/mol. The average Bonchev–Trinajstić information content (AvgIpc) is 2.83. The Hall–Kier alpha value is -2.22. The van der Waals surface area contributed by atoms with Crippen molar-refractivity contribution in [3.8, 4) is 5.75 Å². The summed E-state index contributed by atoms with van der Waals surface area (Å²) in [6.07, 6.45) is -4.92. The van der Waals surface area contributed by atoms with Crippen molar-refractivity contribution < 1.29 is 40.6 Å². The van der Waals surface area contributed by atoms with Crippen molar-refractivity contribution in [1.82, 2.24) is 0 Å². The van der Waals surface area contributed by atoms with Crippen LogP contribution in [0.15, 0.2) is 83.8 Å². The second-order valence-electron chi connectivity index (χ2n) is 7.78. The number of benzene rings is 3. The summed E-state index contributed by atoms with van der Waals surface area (Å²) in [5, 5.41) is 0. The van der Waals surface area contributed by atoms with E-state index in [1.807, 2.05) is 0 Å². The van der Waals surface area contributed by atoms with Crippen LogP contribution in [0.3, 0.4) is 0 Å². The third-order valence-corrected chi connectivity index (χ3v) is 11.6. The molecule has 0 amide bonds. The molecule has 0 N–H and O–H groups in total. The van der Waals surface area contributed by atoms with E-state index in [1.54, 1.807) is 0 Å². The summed E-state index contributed by atoms with van der Waals surface area (Å²) < 4.78 is 87.2. The summed E-state index contributed by atoms with van der Waals surface area (Å²) in [6, 6.07) is 17.0. The van der Waals surface area contributed by atoms with Gasteiger partial charge >= 0.3 is 219 Å². The van der Waals surface area contributed by atoms with Crippen molar-refractivity contribution in [2.45, 2.75) is 34.4 Å². The Bertz CT molecular complexity index is 1260. The summed E-state index contributed by atoms with van der Waals surface area (Å²) in [4.78, 5) is 12.5. The first kappa shape index (κ1) is 28.4. The van der Waals surface area contributed by atoms with Crippen LogP contribution in [-0.2, 0) is 21.4 Å². The molecule has 0 radical (unpaired) electrons. The molecule has 0 saturated carbocycles. The molecule has 5 nitrogen and oxygen atoms in total. The number of hydrogen-bond acceptors (Lipinski definition) is 5. The van der Waals surface area contributed by atoms with E-state index in [0.29, 0.717) is 0 Å². The van der Waals surface area contributed by atoms with E-state index in [-0.39, 0.29) is 19.6 Å². The van der Waals surface area contributed by atoms with Crippen LogP contribution in [0.4, 0.5) is 17.6 Å². The molecule has 12 heteroatoms. The monoisotopic (exact) mass is 657 g/mol. The van der Waals surface area contributed by atoms with Gasteiger partial charge in [-0.2, -0.15) is 0 Å². The average molecular weight is 658 g/mol. The Labute approximate surface area is 218 Å². The van der Waals surface area contributed by atoms with Crippen molar-refractivity contribution in [3.63, 3.8) is 0 Å². The summed E-state index contributed by atoms with van der Waals surface area (Å²) in [5.41, 5.74) is -1.93. The molecule has 0 saturated heterocycles. The van der Waals surface area contributed by atoms with Gasteiger partial charge in [-0.25, -0.2) is 0 Å². The fourth-order valence-corrected chi connectivity index (χ4v) is 8.30. The maximum atomic E-state index is 15.1. The first-order chi connectivity index (χ1) is 16.8. The Morgan fingerprint density at radius 2 is 1.47 bits per heavy atom. The van der Waals surface area contributed by atoms with Gasteiger partial charge < -0.3 is 0 Å². The number of hydrogen-bond donors (Lipinski definition) is 0. The fraction of sp³-hybridized carbons (Fsp3) is 0.208. The van der Waals surface area contributed by atoms with E-state index in [2.05, 4.69) is 4.74 Å². The topological polar surface area (TPSA) is 75.7 Å². The SMILES string of the molecule is CC(C)(OC(=O)c1ccccc1S(=O)[O-])c1ccccc1I(Cl)C(F)(F)C(F)(F)Oc1ccccc1. The van der Waals surface area contributed by atoms with Crippen molar-refractivity contribution in [3.05, 3.63) is 93.6 Å². The van der Waals surface area contributed by atoms with Gasteiger partial charge in [-0.1, -0.05) is 0 Å². The molecule has 1 unspecified atom stereocenters. The number of carbonyl (C=O) groups is 1. The van der Waals surface area contributed by atoms with E-state index < -0.39 is 57.1 Å². The number of para-hydroxylation sites is 1. The second kappa shape index (κ2) is 11.0. The van der Waals surface area contributed by atoms with E-state index in [0.717, 1.165) is 12.1 Å². The molecular weight excluding hydrogens is 639 g/mol. The van der Waals surface area contributed by atoms with Gasteiger partial charge in [0.05, 0.1) is 0 Å². The van der Waals surface area contributed by atoms with Crippen LogP contribution >= 0.6 is 27.6 Å². The molecule has 36 heavy (non-hydrogen) atoms. The molecule has 0 aliphatic heterocycles. The summed E-state index contributed by atoms with van der Waals surface area (Å²) in [7, 11) is 6.10. The Balaban J connectivity index is 1.94. The zero-order valence-electron chi connectivity index (χ0n) is 18.7. The molecule has 3 aromatic carbocycles. The van der Waals surface area contributed by atoms with Crippen LogP contribution in [-0.4, -0.2) is 24.8 Å². The van der Waals surface area contributed by atoms with Crippen LogP contribution in [0, 0.1) is 3.57 Å². The normalized spacial score (nSPS) is 13.6. The third-order valence-electron chi connectivity index (χ3n) is 4.86. The van der Waals surface area contributed by atoms with Gasteiger partial charge in [-0.05, 0) is 0 Å². The van der Waals surface area contributed by atoms with E-state index in [4.69, 9.17) is 13.6 Å². The summed E-state index contributed by atoms with van der Waals surface area (Å²) in [6.45, 7) is 2.72. The summed E-state index contributed by atoms with van der Waals surface area (Å²) >= 11 is -7.32. The number of halogens is 6. The standard InChI is InChI=1S/C24H20ClF4IO5S/c1-22(2,35-21(31)17-12-6-9-15-20(17)36(32)33)18-13-7-8-14-19(18)30(25)23(26,27)24(28,29)34-16-10-4-3-5-11-16/h3-15H,1-2H3,(H,32,33)/p-1. The molecule has 3 rings (SSSR count). The molecule has 0 bridgehead atoms. The minimum absolute atomic E-state index is 0.0190. The van der Waals surface area contributed by atoms with Gasteiger partial charge in [-0.3, -0.25) is 0 Å². The first-order valence-corrected chi connectivity index (χ1v) is 16.1. The zero-order chi connectivity index (χ0) is 26.7. The second-order valence-corrected chi connectivity index (χ2v) is 14.5. The van der Waals surface area contributed by atoms with Crippen LogP contribution in [0.5, 0.6) is 5.75 Å².